The number of methoxy groups -OCH3 is 1. The molecule has 0 aliphatic rings. The topological polar surface area (TPSA) is 44.1 Å². The second-order valence-electron chi connectivity index (χ2n) is 3.14. The molecule has 4 heteroatoms. The number of carbonyl (C=O) groups excluding carboxylic acids is 1. The second kappa shape index (κ2) is 4.07. The van der Waals surface area contributed by atoms with E-state index < -0.39 is 0 Å². The third-order valence-electron chi connectivity index (χ3n) is 1.79. The Hall–Kier alpha value is -1.32. The largest absolute Gasteiger partial charge is 0.468 e. The molecule has 1 aromatic heterocycles. The van der Waals surface area contributed by atoms with Gasteiger partial charge in [-0.05, 0) is 0 Å². The number of nitrogens with zero attached hydrogens (tertiary/aromatic N) is 2. The van der Waals surface area contributed by atoms with Gasteiger partial charge in [-0.2, -0.15) is 0 Å². The summed E-state index contributed by atoms with van der Waals surface area (Å²) in [4.78, 5) is 15.1. The van der Waals surface area contributed by atoms with Gasteiger partial charge in [-0.3, -0.25) is 4.79 Å². The molecule has 4 nitrogen and oxygen atoms in total. The third kappa shape index (κ3) is 2.31. The van der Waals surface area contributed by atoms with Crippen LogP contribution >= 0.6 is 0 Å². The Balaban J connectivity index is 2.76. The number of imidazole rings is 1. The summed E-state index contributed by atoms with van der Waals surface area (Å²) >= 11 is 0. The fourth-order valence-corrected chi connectivity index (χ4v) is 1.16. The molecule has 0 unspecified atom stereocenters. The second-order valence-corrected chi connectivity index (χ2v) is 3.14. The SMILES string of the molecule is COC(=O)Cn1ccnc1C(C)C. The van der Waals surface area contributed by atoms with Crippen LogP contribution in [0.2, 0.25) is 0 Å². The van der Waals surface area contributed by atoms with E-state index in [1.54, 1.807) is 17.0 Å². The van der Waals surface area contributed by atoms with E-state index in [-0.39, 0.29) is 12.5 Å². The minimum absolute atomic E-state index is 0.240. The number of esters is 1. The maximum atomic E-state index is 11.0. The highest BCUT2D eigenvalue weighted by molar-refractivity contribution is 5.69. The molecule has 0 atom stereocenters. The number of hydrogen-bond acceptors (Lipinski definition) is 3. The Morgan fingerprint density at radius 2 is 2.38 bits per heavy atom. The van der Waals surface area contributed by atoms with Crippen molar-refractivity contribution in [3.8, 4) is 0 Å². The van der Waals surface area contributed by atoms with E-state index in [2.05, 4.69) is 9.72 Å². The van der Waals surface area contributed by atoms with Gasteiger partial charge in [0.15, 0.2) is 0 Å². The molecule has 72 valence electrons. The smallest absolute Gasteiger partial charge is 0.325 e. The molecule has 0 amide bonds. The van der Waals surface area contributed by atoms with Gasteiger partial charge in [-0.15, -0.1) is 0 Å². The van der Waals surface area contributed by atoms with Crippen molar-refractivity contribution in [1.29, 1.82) is 0 Å². The fraction of sp³-hybridized carbons (Fsp3) is 0.556. The van der Waals surface area contributed by atoms with Crippen LogP contribution in [0, 0.1) is 0 Å². The van der Waals surface area contributed by atoms with Gasteiger partial charge in [0.1, 0.15) is 12.4 Å². The van der Waals surface area contributed by atoms with Gasteiger partial charge in [0.05, 0.1) is 7.11 Å². The lowest BCUT2D eigenvalue weighted by molar-refractivity contribution is -0.141. The van der Waals surface area contributed by atoms with Crippen LogP contribution in [0.5, 0.6) is 0 Å². The molecule has 0 fully saturated rings. The first-order chi connectivity index (χ1) is 6.15. The minimum Gasteiger partial charge on any atom is -0.468 e. The van der Waals surface area contributed by atoms with Gasteiger partial charge in [0, 0.05) is 18.3 Å². The molecule has 0 aliphatic heterocycles. The van der Waals surface area contributed by atoms with Crippen LogP contribution in [-0.2, 0) is 16.1 Å². The Labute approximate surface area is 77.5 Å². The lowest BCUT2D eigenvalue weighted by Crippen LogP contribution is -2.14. The van der Waals surface area contributed by atoms with E-state index in [4.69, 9.17) is 0 Å². The first-order valence-electron chi connectivity index (χ1n) is 4.23. The Bertz CT molecular complexity index is 292. The summed E-state index contributed by atoms with van der Waals surface area (Å²) in [6.07, 6.45) is 3.48. The summed E-state index contributed by atoms with van der Waals surface area (Å²) in [5.41, 5.74) is 0. The molecule has 0 bridgehead atoms. The van der Waals surface area contributed by atoms with E-state index in [0.717, 1.165) is 5.82 Å². The van der Waals surface area contributed by atoms with E-state index in [9.17, 15) is 4.79 Å². The van der Waals surface area contributed by atoms with Crippen molar-refractivity contribution in [2.45, 2.75) is 26.3 Å². The zero-order valence-corrected chi connectivity index (χ0v) is 8.15. The predicted octanol–water partition coefficient (Wildman–Crippen LogP) is 1.18. The van der Waals surface area contributed by atoms with Crippen LogP contribution < -0.4 is 0 Å². The van der Waals surface area contributed by atoms with E-state index in [1.165, 1.54) is 7.11 Å². The highest BCUT2D eigenvalue weighted by Gasteiger charge is 2.09. The van der Waals surface area contributed by atoms with Crippen molar-refractivity contribution in [3.63, 3.8) is 0 Å². The number of rotatable bonds is 3. The molecule has 0 spiro atoms. The first-order valence-corrected chi connectivity index (χ1v) is 4.23. The molecule has 0 saturated heterocycles. The van der Waals surface area contributed by atoms with Crippen LogP contribution in [0.25, 0.3) is 0 Å². The highest BCUT2D eigenvalue weighted by Crippen LogP contribution is 2.11. The summed E-state index contributed by atoms with van der Waals surface area (Å²) in [6, 6.07) is 0. The van der Waals surface area contributed by atoms with Crippen molar-refractivity contribution in [2.24, 2.45) is 0 Å². The van der Waals surface area contributed by atoms with Crippen molar-refractivity contribution in [1.82, 2.24) is 9.55 Å². The average molecular weight is 182 g/mol. The molecule has 0 aliphatic carbocycles. The maximum Gasteiger partial charge on any atom is 0.325 e. The number of ether oxygens (including phenoxy) is 1. The van der Waals surface area contributed by atoms with Crippen molar-refractivity contribution in [3.05, 3.63) is 18.2 Å². The molecule has 1 heterocycles. The minimum atomic E-state index is -0.250. The number of carbonyl (C=O) groups is 1. The van der Waals surface area contributed by atoms with Crippen LogP contribution in [0.3, 0.4) is 0 Å². The zero-order chi connectivity index (χ0) is 9.84. The summed E-state index contributed by atoms with van der Waals surface area (Å²) in [5.74, 6) is 0.977. The first kappa shape index (κ1) is 9.77. The molecule has 0 radical (unpaired) electrons. The van der Waals surface area contributed by atoms with Crippen molar-refractivity contribution in [2.75, 3.05) is 7.11 Å². The number of hydrogen-bond donors (Lipinski definition) is 0. The third-order valence-corrected chi connectivity index (χ3v) is 1.79. The van der Waals surface area contributed by atoms with Crippen LogP contribution in [0.4, 0.5) is 0 Å². The van der Waals surface area contributed by atoms with Crippen LogP contribution in [0.15, 0.2) is 12.4 Å². The van der Waals surface area contributed by atoms with Gasteiger partial charge in [-0.1, -0.05) is 13.8 Å². The maximum absolute atomic E-state index is 11.0. The monoisotopic (exact) mass is 182 g/mol. The summed E-state index contributed by atoms with van der Waals surface area (Å²) in [5, 5.41) is 0. The quantitative estimate of drug-likeness (QED) is 0.659. The van der Waals surface area contributed by atoms with Crippen LogP contribution in [-0.4, -0.2) is 22.6 Å². The summed E-state index contributed by atoms with van der Waals surface area (Å²) in [6.45, 7) is 4.32. The Morgan fingerprint density at radius 1 is 1.69 bits per heavy atom. The van der Waals surface area contributed by atoms with E-state index >= 15 is 0 Å². The van der Waals surface area contributed by atoms with Gasteiger partial charge >= 0.3 is 5.97 Å². The summed E-state index contributed by atoms with van der Waals surface area (Å²) in [7, 11) is 1.38. The van der Waals surface area contributed by atoms with Crippen LogP contribution in [0.1, 0.15) is 25.6 Å². The van der Waals surface area contributed by atoms with Crippen molar-refractivity contribution >= 4 is 5.97 Å². The lowest BCUT2D eigenvalue weighted by Gasteiger charge is -2.08. The predicted molar refractivity (Wildman–Crippen MR) is 48.3 cm³/mol. The van der Waals surface area contributed by atoms with Gasteiger partial charge < -0.3 is 9.30 Å². The van der Waals surface area contributed by atoms with E-state index in [0.29, 0.717) is 5.92 Å². The molecule has 1 aromatic rings. The van der Waals surface area contributed by atoms with E-state index in [1.807, 2.05) is 13.8 Å². The Morgan fingerprint density at radius 3 is 2.92 bits per heavy atom. The molecule has 1 rings (SSSR count). The van der Waals surface area contributed by atoms with Gasteiger partial charge in [-0.25, -0.2) is 4.98 Å². The Kier molecular flexibility index (Phi) is 3.06. The molecule has 0 saturated carbocycles. The lowest BCUT2D eigenvalue weighted by atomic mass is 10.2. The molecule has 0 N–H and O–H groups in total. The fourth-order valence-electron chi connectivity index (χ4n) is 1.16. The van der Waals surface area contributed by atoms with Crippen molar-refractivity contribution < 1.29 is 9.53 Å². The molecule has 13 heavy (non-hydrogen) atoms. The standard InChI is InChI=1S/C9H14N2O2/c1-7(2)9-10-4-5-11(9)6-8(12)13-3/h4-5,7H,6H2,1-3H3. The highest BCUT2D eigenvalue weighted by atomic mass is 16.5. The summed E-state index contributed by atoms with van der Waals surface area (Å²) < 4.78 is 6.37. The average Bonchev–Trinajstić information content (AvgIpc) is 2.52. The normalized spacial score (nSPS) is 10.5. The molecular weight excluding hydrogens is 168 g/mol. The molecular formula is C9H14N2O2. The number of aromatic nitrogens is 2. The molecule has 0 aromatic carbocycles. The van der Waals surface area contributed by atoms with Gasteiger partial charge in [0.25, 0.3) is 0 Å². The zero-order valence-electron chi connectivity index (χ0n) is 8.15. The van der Waals surface area contributed by atoms with Gasteiger partial charge in [0.2, 0.25) is 0 Å².